The monoisotopic (exact) mass is 321 g/mol. The molecular formula is C15H27N7O. The Morgan fingerprint density at radius 3 is 2.78 bits per heavy atom. The van der Waals surface area contributed by atoms with Crippen molar-refractivity contribution in [3.8, 4) is 0 Å². The van der Waals surface area contributed by atoms with Gasteiger partial charge in [0.15, 0.2) is 5.96 Å². The Kier molecular flexibility index (Phi) is 6.83. The summed E-state index contributed by atoms with van der Waals surface area (Å²) in [6.07, 6.45) is 7.38. The highest BCUT2D eigenvalue weighted by Gasteiger charge is 2.15. The van der Waals surface area contributed by atoms with Gasteiger partial charge in [-0.15, -0.1) is 0 Å². The number of amides is 1. The average molecular weight is 321 g/mol. The van der Waals surface area contributed by atoms with Crippen LogP contribution < -0.4 is 16.0 Å². The molecule has 1 amide bonds. The van der Waals surface area contributed by atoms with Crippen molar-refractivity contribution in [1.29, 1.82) is 0 Å². The van der Waals surface area contributed by atoms with Gasteiger partial charge in [-0.05, 0) is 19.8 Å². The molecule has 1 heterocycles. The molecular weight excluding hydrogens is 294 g/mol. The number of rotatable bonds is 6. The predicted molar refractivity (Wildman–Crippen MR) is 88.8 cm³/mol. The highest BCUT2D eigenvalue weighted by Crippen LogP contribution is 2.16. The van der Waals surface area contributed by atoms with Crippen molar-refractivity contribution in [2.24, 2.45) is 12.0 Å². The van der Waals surface area contributed by atoms with Crippen LogP contribution in [-0.4, -0.2) is 45.8 Å². The molecule has 8 nitrogen and oxygen atoms in total. The van der Waals surface area contributed by atoms with Crippen LogP contribution in [0.4, 0.5) is 0 Å². The van der Waals surface area contributed by atoms with Gasteiger partial charge in [0.05, 0.1) is 6.54 Å². The van der Waals surface area contributed by atoms with Crippen LogP contribution in [0.2, 0.25) is 0 Å². The Hall–Kier alpha value is -2.12. The van der Waals surface area contributed by atoms with E-state index in [9.17, 15) is 4.79 Å². The van der Waals surface area contributed by atoms with Crippen molar-refractivity contribution in [1.82, 2.24) is 30.7 Å². The van der Waals surface area contributed by atoms with E-state index in [-0.39, 0.29) is 12.5 Å². The molecule has 1 aliphatic carbocycles. The van der Waals surface area contributed by atoms with Crippen LogP contribution in [0, 0.1) is 0 Å². The number of carbonyl (C=O) groups excluding carboxylic acids is 1. The number of guanidine groups is 1. The normalized spacial score (nSPS) is 16.2. The molecule has 0 saturated heterocycles. The zero-order chi connectivity index (χ0) is 16.5. The molecule has 0 unspecified atom stereocenters. The van der Waals surface area contributed by atoms with Gasteiger partial charge in [-0.3, -0.25) is 9.48 Å². The van der Waals surface area contributed by atoms with Crippen LogP contribution in [0.5, 0.6) is 0 Å². The topological polar surface area (TPSA) is 96.2 Å². The van der Waals surface area contributed by atoms with Crippen LogP contribution >= 0.6 is 0 Å². The second-order valence-corrected chi connectivity index (χ2v) is 5.75. The molecule has 8 heteroatoms. The van der Waals surface area contributed by atoms with E-state index in [1.54, 1.807) is 4.68 Å². The summed E-state index contributed by atoms with van der Waals surface area (Å²) in [5, 5.41) is 13.3. The summed E-state index contributed by atoms with van der Waals surface area (Å²) in [5.41, 5.74) is 0. The van der Waals surface area contributed by atoms with Crippen molar-refractivity contribution in [2.45, 2.75) is 51.6 Å². The maximum absolute atomic E-state index is 12.0. The number of hydrogen-bond donors (Lipinski definition) is 3. The molecule has 0 bridgehead atoms. The molecule has 0 aromatic carbocycles. The van der Waals surface area contributed by atoms with Gasteiger partial charge in [-0.25, -0.2) is 9.98 Å². The smallest absolute Gasteiger partial charge is 0.239 e. The molecule has 23 heavy (non-hydrogen) atoms. The van der Waals surface area contributed by atoms with Crippen molar-refractivity contribution >= 4 is 11.9 Å². The first kappa shape index (κ1) is 17.2. The predicted octanol–water partition coefficient (Wildman–Crippen LogP) is 0.319. The lowest BCUT2D eigenvalue weighted by Gasteiger charge is -2.23. The molecule has 1 fully saturated rings. The molecule has 128 valence electrons. The minimum Gasteiger partial charge on any atom is -0.357 e. The Morgan fingerprint density at radius 2 is 2.13 bits per heavy atom. The van der Waals surface area contributed by atoms with Crippen molar-refractivity contribution < 1.29 is 4.79 Å². The van der Waals surface area contributed by atoms with Crippen LogP contribution in [0.25, 0.3) is 0 Å². The summed E-state index contributed by atoms with van der Waals surface area (Å²) >= 11 is 0. The standard InChI is InChI=1S/C15H27N7O/c1-3-16-15(17-9-13-19-11-20-22(13)2)18-10-14(23)21-12-7-5-4-6-8-12/h11-12H,3-10H2,1-2H3,(H,21,23)(H2,16,17,18). The zero-order valence-electron chi connectivity index (χ0n) is 14.0. The third-order valence-electron chi connectivity index (χ3n) is 3.91. The summed E-state index contributed by atoms with van der Waals surface area (Å²) < 4.78 is 1.68. The van der Waals surface area contributed by atoms with Crippen molar-refractivity contribution in [3.05, 3.63) is 12.2 Å². The summed E-state index contributed by atoms with van der Waals surface area (Å²) in [4.78, 5) is 20.6. The van der Waals surface area contributed by atoms with E-state index in [1.807, 2.05) is 14.0 Å². The van der Waals surface area contributed by atoms with E-state index in [0.29, 0.717) is 18.5 Å². The van der Waals surface area contributed by atoms with Crippen LogP contribution in [-0.2, 0) is 18.4 Å². The molecule has 0 aliphatic heterocycles. The second-order valence-electron chi connectivity index (χ2n) is 5.75. The maximum Gasteiger partial charge on any atom is 0.239 e. The number of nitrogens with one attached hydrogen (secondary N) is 3. The van der Waals surface area contributed by atoms with Gasteiger partial charge < -0.3 is 16.0 Å². The Balaban J connectivity index is 1.79. The fourth-order valence-corrected chi connectivity index (χ4v) is 2.64. The van der Waals surface area contributed by atoms with Crippen molar-refractivity contribution in [3.63, 3.8) is 0 Å². The largest absolute Gasteiger partial charge is 0.357 e. The third kappa shape index (κ3) is 5.88. The number of carbonyl (C=O) groups is 1. The van der Waals surface area contributed by atoms with Crippen LogP contribution in [0.15, 0.2) is 11.3 Å². The average Bonchev–Trinajstić information content (AvgIpc) is 2.96. The molecule has 2 rings (SSSR count). The summed E-state index contributed by atoms with van der Waals surface area (Å²) in [6, 6.07) is 0.330. The Labute approximate surface area is 137 Å². The lowest BCUT2D eigenvalue weighted by atomic mass is 9.95. The molecule has 0 radical (unpaired) electrons. The fourth-order valence-electron chi connectivity index (χ4n) is 2.64. The number of hydrogen-bond acceptors (Lipinski definition) is 4. The van der Waals surface area contributed by atoms with Gasteiger partial charge in [0.2, 0.25) is 5.91 Å². The molecule has 1 aliphatic rings. The highest BCUT2D eigenvalue weighted by atomic mass is 16.2. The molecule has 3 N–H and O–H groups in total. The Bertz CT molecular complexity index is 520. The summed E-state index contributed by atoms with van der Waals surface area (Å²) in [7, 11) is 1.83. The van der Waals surface area contributed by atoms with Crippen LogP contribution in [0.3, 0.4) is 0 Å². The SMILES string of the molecule is CCNC(=NCc1ncnn1C)NCC(=O)NC1CCCCC1. The molecule has 1 aromatic rings. The fraction of sp³-hybridized carbons (Fsp3) is 0.733. The molecule has 0 spiro atoms. The van der Waals surface area contributed by atoms with Gasteiger partial charge >= 0.3 is 0 Å². The quantitative estimate of drug-likeness (QED) is 0.518. The molecule has 1 aromatic heterocycles. The number of aromatic nitrogens is 3. The van der Waals surface area contributed by atoms with Crippen molar-refractivity contribution in [2.75, 3.05) is 13.1 Å². The van der Waals surface area contributed by atoms with E-state index in [2.05, 4.69) is 31.0 Å². The number of aliphatic imine (C=N–C) groups is 1. The lowest BCUT2D eigenvalue weighted by molar-refractivity contribution is -0.120. The first-order chi connectivity index (χ1) is 11.2. The Morgan fingerprint density at radius 1 is 1.35 bits per heavy atom. The minimum atomic E-state index is 0.0150. The van der Waals surface area contributed by atoms with Gasteiger partial charge in [0.25, 0.3) is 0 Å². The zero-order valence-corrected chi connectivity index (χ0v) is 14.0. The van der Waals surface area contributed by atoms with Crippen LogP contribution in [0.1, 0.15) is 44.9 Å². The summed E-state index contributed by atoms with van der Waals surface area (Å²) in [6.45, 7) is 3.35. The minimum absolute atomic E-state index is 0.0150. The third-order valence-corrected chi connectivity index (χ3v) is 3.91. The lowest BCUT2D eigenvalue weighted by Crippen LogP contribution is -2.46. The second kappa shape index (κ2) is 9.12. The molecule has 0 atom stereocenters. The maximum atomic E-state index is 12.0. The van der Waals surface area contributed by atoms with E-state index >= 15 is 0 Å². The highest BCUT2D eigenvalue weighted by molar-refractivity contribution is 5.86. The first-order valence-electron chi connectivity index (χ1n) is 8.33. The number of aryl methyl sites for hydroxylation is 1. The summed E-state index contributed by atoms with van der Waals surface area (Å²) in [5.74, 6) is 1.39. The molecule has 1 saturated carbocycles. The van der Waals surface area contributed by atoms with E-state index in [4.69, 9.17) is 0 Å². The van der Waals surface area contributed by atoms with Gasteiger partial charge in [0.1, 0.15) is 18.7 Å². The first-order valence-corrected chi connectivity index (χ1v) is 8.33. The van der Waals surface area contributed by atoms with Gasteiger partial charge in [-0.2, -0.15) is 5.10 Å². The van der Waals surface area contributed by atoms with E-state index in [0.717, 1.165) is 25.2 Å². The van der Waals surface area contributed by atoms with Gasteiger partial charge in [0, 0.05) is 19.6 Å². The van der Waals surface area contributed by atoms with E-state index < -0.39 is 0 Å². The van der Waals surface area contributed by atoms with Gasteiger partial charge in [-0.1, -0.05) is 19.3 Å². The van der Waals surface area contributed by atoms with E-state index in [1.165, 1.54) is 25.6 Å². The number of nitrogens with zero attached hydrogens (tertiary/aromatic N) is 4.